The second-order valence-corrected chi connectivity index (χ2v) is 9.33. The van der Waals surface area contributed by atoms with E-state index >= 15 is 0 Å². The van der Waals surface area contributed by atoms with E-state index < -0.39 is 0 Å². The van der Waals surface area contributed by atoms with Crippen molar-refractivity contribution in [3.8, 4) is 22.8 Å². The molecule has 1 N–H and O–H groups in total. The van der Waals surface area contributed by atoms with Gasteiger partial charge in [0.25, 0.3) is 5.91 Å². The van der Waals surface area contributed by atoms with Crippen molar-refractivity contribution in [1.82, 2.24) is 10.5 Å². The Hall–Kier alpha value is -1.77. The molecule has 0 bridgehead atoms. The Balaban J connectivity index is 2.52. The van der Waals surface area contributed by atoms with Crippen LogP contribution in [0, 0.1) is 3.57 Å². The van der Waals surface area contributed by atoms with Gasteiger partial charge in [-0.05, 0) is 66.8 Å². The number of halogens is 1. The maximum atomic E-state index is 12.5. The van der Waals surface area contributed by atoms with Crippen LogP contribution in [0.4, 0.5) is 0 Å². The van der Waals surface area contributed by atoms with Gasteiger partial charge in [0, 0.05) is 17.7 Å². The number of hydrogen-bond donors (Lipinski definition) is 1. The maximum Gasteiger partial charge on any atom is 0.291 e. The topological polar surface area (TPSA) is 73.6 Å². The number of nitrogens with zero attached hydrogens (tertiary/aromatic N) is 1. The Labute approximate surface area is 199 Å². The summed E-state index contributed by atoms with van der Waals surface area (Å²) in [6.07, 6.45) is 4.07. The lowest BCUT2D eigenvalue weighted by molar-refractivity contribution is 0.0904. The predicted molar refractivity (Wildman–Crippen MR) is 132 cm³/mol. The molecule has 0 spiro atoms. The molecule has 0 aliphatic heterocycles. The van der Waals surface area contributed by atoms with Crippen molar-refractivity contribution in [2.75, 3.05) is 13.2 Å². The van der Waals surface area contributed by atoms with Crippen LogP contribution in [0.25, 0.3) is 11.3 Å². The molecule has 0 unspecified atom stereocenters. The second kappa shape index (κ2) is 12.3. The lowest BCUT2D eigenvalue weighted by atomic mass is 9.97. The lowest BCUT2D eigenvalue weighted by Crippen LogP contribution is -2.30. The van der Waals surface area contributed by atoms with E-state index in [1.54, 1.807) is 0 Å². The molecule has 2 rings (SSSR count). The van der Waals surface area contributed by atoms with Crippen LogP contribution in [-0.2, 0) is 0 Å². The highest BCUT2D eigenvalue weighted by Crippen LogP contribution is 2.41. The Morgan fingerprint density at radius 3 is 2.23 bits per heavy atom. The van der Waals surface area contributed by atoms with E-state index in [4.69, 9.17) is 14.0 Å². The summed E-state index contributed by atoms with van der Waals surface area (Å²) in [5.74, 6) is 1.75. The summed E-state index contributed by atoms with van der Waals surface area (Å²) in [4.78, 5) is 12.5. The third kappa shape index (κ3) is 6.85. The first-order valence-corrected chi connectivity index (χ1v) is 12.3. The fraction of sp³-hybridized carbons (Fsp3) is 0.583. The summed E-state index contributed by atoms with van der Waals surface area (Å²) in [6, 6.07) is 4.04. The molecule has 1 amide bonds. The Morgan fingerprint density at radius 1 is 1.06 bits per heavy atom. The van der Waals surface area contributed by atoms with Gasteiger partial charge in [-0.1, -0.05) is 45.7 Å². The van der Waals surface area contributed by atoms with E-state index in [0.717, 1.165) is 42.6 Å². The average molecular weight is 542 g/mol. The Kier molecular flexibility index (Phi) is 10.1. The summed E-state index contributed by atoms with van der Waals surface area (Å²) >= 11 is 2.12. The number of aromatic nitrogens is 1. The molecule has 0 aliphatic carbocycles. The summed E-state index contributed by atoms with van der Waals surface area (Å²) in [7, 11) is 0. The van der Waals surface area contributed by atoms with Gasteiger partial charge in [0.2, 0.25) is 5.76 Å². The minimum Gasteiger partial charge on any atom is -0.493 e. The van der Waals surface area contributed by atoms with Crippen molar-refractivity contribution in [3.63, 3.8) is 0 Å². The fourth-order valence-corrected chi connectivity index (χ4v) is 3.76. The molecule has 6 nitrogen and oxygen atoms in total. The molecular formula is C24H35IN2O4. The van der Waals surface area contributed by atoms with Gasteiger partial charge < -0.3 is 19.3 Å². The van der Waals surface area contributed by atoms with Gasteiger partial charge in [0.05, 0.1) is 16.8 Å². The fourth-order valence-electron chi connectivity index (χ4n) is 3.03. The van der Waals surface area contributed by atoms with Crippen molar-refractivity contribution in [3.05, 3.63) is 27.0 Å². The summed E-state index contributed by atoms with van der Waals surface area (Å²) in [5, 5.41) is 7.10. The Morgan fingerprint density at radius 2 is 1.68 bits per heavy atom. The third-order valence-electron chi connectivity index (χ3n) is 4.76. The van der Waals surface area contributed by atoms with E-state index in [0.29, 0.717) is 28.2 Å². The van der Waals surface area contributed by atoms with Crippen LogP contribution in [0.15, 0.2) is 16.7 Å². The number of carbonyl (C=O) groups excluding carboxylic acids is 1. The van der Waals surface area contributed by atoms with Crippen LogP contribution in [0.3, 0.4) is 0 Å². The van der Waals surface area contributed by atoms with Crippen LogP contribution in [0.5, 0.6) is 11.5 Å². The molecule has 0 radical (unpaired) electrons. The number of ether oxygens (including phenoxy) is 2. The molecule has 0 aliphatic rings. The molecule has 1 aromatic carbocycles. The molecule has 31 heavy (non-hydrogen) atoms. The van der Waals surface area contributed by atoms with Crippen molar-refractivity contribution in [1.29, 1.82) is 0 Å². The van der Waals surface area contributed by atoms with Gasteiger partial charge in [0.15, 0.2) is 0 Å². The highest BCUT2D eigenvalue weighted by atomic mass is 127. The number of benzene rings is 1. The summed E-state index contributed by atoms with van der Waals surface area (Å²) in [6.45, 7) is 13.7. The highest BCUT2D eigenvalue weighted by Gasteiger charge is 2.25. The summed E-state index contributed by atoms with van der Waals surface area (Å²) < 4.78 is 18.4. The van der Waals surface area contributed by atoms with Gasteiger partial charge >= 0.3 is 0 Å². The maximum absolute atomic E-state index is 12.5. The van der Waals surface area contributed by atoms with Crippen LogP contribution < -0.4 is 14.8 Å². The standard InChI is InChI=1S/C24H35IN2O4/c1-7-9-11-29-19-14-20(30-12-10-8-2)18(13-17(19)15(3)4)22-21(25)23(31-27-22)24(28)26-16(5)6/h13-16H,7-12H2,1-6H3,(H,26,28). The van der Waals surface area contributed by atoms with Crippen LogP contribution in [-0.4, -0.2) is 30.3 Å². The van der Waals surface area contributed by atoms with E-state index in [9.17, 15) is 4.79 Å². The van der Waals surface area contributed by atoms with E-state index in [-0.39, 0.29) is 23.6 Å². The first-order chi connectivity index (χ1) is 14.8. The van der Waals surface area contributed by atoms with Crippen LogP contribution >= 0.6 is 22.6 Å². The number of amides is 1. The zero-order valence-corrected chi connectivity index (χ0v) is 21.7. The highest BCUT2D eigenvalue weighted by molar-refractivity contribution is 14.1. The van der Waals surface area contributed by atoms with Crippen LogP contribution in [0.1, 0.15) is 89.3 Å². The molecule has 0 saturated heterocycles. The van der Waals surface area contributed by atoms with Gasteiger partial charge in [-0.15, -0.1) is 0 Å². The number of nitrogens with one attached hydrogen (secondary N) is 1. The first-order valence-electron chi connectivity index (χ1n) is 11.2. The zero-order valence-electron chi connectivity index (χ0n) is 19.5. The van der Waals surface area contributed by atoms with Crippen LogP contribution in [0.2, 0.25) is 0 Å². The van der Waals surface area contributed by atoms with Gasteiger partial charge in [-0.3, -0.25) is 4.79 Å². The van der Waals surface area contributed by atoms with Crippen molar-refractivity contribution >= 4 is 28.5 Å². The molecule has 7 heteroatoms. The van der Waals surface area contributed by atoms with Gasteiger partial charge in [-0.2, -0.15) is 0 Å². The molecule has 0 atom stereocenters. The molecule has 1 heterocycles. The average Bonchev–Trinajstić information content (AvgIpc) is 3.09. The van der Waals surface area contributed by atoms with Crippen molar-refractivity contribution < 1.29 is 18.8 Å². The molecule has 1 aromatic heterocycles. The van der Waals surface area contributed by atoms with Crippen molar-refractivity contribution in [2.24, 2.45) is 0 Å². The Bertz CT molecular complexity index is 862. The van der Waals surface area contributed by atoms with E-state index in [1.165, 1.54) is 0 Å². The molecule has 2 aromatic rings. The minimum atomic E-state index is -0.268. The molecular weight excluding hydrogens is 507 g/mol. The minimum absolute atomic E-state index is 0.0110. The van der Waals surface area contributed by atoms with Gasteiger partial charge in [0.1, 0.15) is 17.2 Å². The number of rotatable bonds is 12. The predicted octanol–water partition coefficient (Wildman–Crippen LogP) is 6.57. The second-order valence-electron chi connectivity index (χ2n) is 8.25. The molecule has 0 fully saturated rings. The van der Waals surface area contributed by atoms with Gasteiger partial charge in [-0.25, -0.2) is 0 Å². The summed E-state index contributed by atoms with van der Waals surface area (Å²) in [5.41, 5.74) is 2.52. The third-order valence-corrected chi connectivity index (χ3v) is 5.76. The number of unbranched alkanes of at least 4 members (excludes halogenated alkanes) is 2. The lowest BCUT2D eigenvalue weighted by Gasteiger charge is -2.19. The largest absolute Gasteiger partial charge is 0.493 e. The smallest absolute Gasteiger partial charge is 0.291 e. The van der Waals surface area contributed by atoms with Crippen molar-refractivity contribution in [2.45, 2.75) is 79.2 Å². The molecule has 0 saturated carbocycles. The zero-order chi connectivity index (χ0) is 23.0. The number of carbonyl (C=O) groups is 1. The SMILES string of the molecule is CCCCOc1cc(OCCCC)c(C(C)C)cc1-c1noc(C(=O)NC(C)C)c1I. The normalized spacial score (nSPS) is 11.3. The quantitative estimate of drug-likeness (QED) is 0.243. The molecule has 172 valence electrons. The van der Waals surface area contributed by atoms with E-state index in [2.05, 4.69) is 66.8 Å². The first kappa shape index (κ1) is 25.5. The van der Waals surface area contributed by atoms with E-state index in [1.807, 2.05) is 19.9 Å². The number of hydrogen-bond acceptors (Lipinski definition) is 5. The monoisotopic (exact) mass is 542 g/mol.